The molecule has 1 aromatic carbocycles. The van der Waals surface area contributed by atoms with Gasteiger partial charge in [0.1, 0.15) is 11.5 Å². The highest BCUT2D eigenvalue weighted by molar-refractivity contribution is 5.73. The molecular formula is C18H20N6O2. The molecule has 3 aromatic rings. The van der Waals surface area contributed by atoms with Crippen LogP contribution >= 0.6 is 0 Å². The monoisotopic (exact) mass is 352 g/mol. The van der Waals surface area contributed by atoms with Crippen LogP contribution in [-0.2, 0) is 4.79 Å². The number of para-hydroxylation sites is 1. The third kappa shape index (κ3) is 3.05. The predicted molar refractivity (Wildman–Crippen MR) is 95.2 cm³/mol. The van der Waals surface area contributed by atoms with Gasteiger partial charge in [0.15, 0.2) is 0 Å². The van der Waals surface area contributed by atoms with Gasteiger partial charge in [0.05, 0.1) is 17.6 Å². The van der Waals surface area contributed by atoms with E-state index in [-0.39, 0.29) is 17.9 Å². The molecule has 2 atom stereocenters. The molecule has 0 saturated carbocycles. The van der Waals surface area contributed by atoms with Gasteiger partial charge in [-0.1, -0.05) is 23.3 Å². The van der Waals surface area contributed by atoms with Crippen molar-refractivity contribution >= 4 is 11.9 Å². The van der Waals surface area contributed by atoms with Gasteiger partial charge in [0.25, 0.3) is 0 Å². The Bertz CT molecular complexity index is 903. The number of nitrogens with zero attached hydrogens (tertiary/aromatic N) is 5. The zero-order chi connectivity index (χ0) is 18.1. The van der Waals surface area contributed by atoms with Gasteiger partial charge >= 0.3 is 0 Å². The number of amides is 1. The van der Waals surface area contributed by atoms with Crippen LogP contribution in [0, 0.1) is 6.92 Å². The minimum absolute atomic E-state index is 0.0357. The van der Waals surface area contributed by atoms with Crippen molar-refractivity contribution in [1.29, 1.82) is 0 Å². The molecule has 1 N–H and O–H groups in total. The Labute approximate surface area is 150 Å². The maximum Gasteiger partial charge on any atom is 0.250 e. The second-order valence-corrected chi connectivity index (χ2v) is 6.49. The van der Waals surface area contributed by atoms with Crippen molar-refractivity contribution in [3.05, 3.63) is 54.0 Å². The van der Waals surface area contributed by atoms with Crippen molar-refractivity contribution in [2.24, 2.45) is 0 Å². The Morgan fingerprint density at radius 1 is 1.19 bits per heavy atom. The molecule has 1 aliphatic heterocycles. The zero-order valence-electron chi connectivity index (χ0n) is 14.7. The number of hydrogen-bond donors (Lipinski definition) is 1. The number of furan rings is 1. The lowest BCUT2D eigenvalue weighted by Gasteiger charge is -2.17. The van der Waals surface area contributed by atoms with Gasteiger partial charge in [-0.25, -0.2) is 0 Å². The topological polar surface area (TPSA) is 89.1 Å². The molecule has 4 rings (SSSR count). The van der Waals surface area contributed by atoms with Gasteiger partial charge in [-0.05, 0) is 41.6 Å². The van der Waals surface area contributed by atoms with Crippen LogP contribution in [0.25, 0.3) is 5.69 Å². The molecule has 0 aliphatic carbocycles. The molecule has 0 radical (unpaired) electrons. The van der Waals surface area contributed by atoms with E-state index in [2.05, 4.69) is 25.7 Å². The molecule has 0 spiro atoms. The summed E-state index contributed by atoms with van der Waals surface area (Å²) in [5, 5.41) is 15.2. The van der Waals surface area contributed by atoms with Gasteiger partial charge in [-0.3, -0.25) is 4.79 Å². The Hall–Kier alpha value is -3.16. The van der Waals surface area contributed by atoms with Gasteiger partial charge in [-0.2, -0.15) is 4.68 Å². The highest BCUT2D eigenvalue weighted by Crippen LogP contribution is 2.31. The summed E-state index contributed by atoms with van der Waals surface area (Å²) in [4.78, 5) is 13.7. The van der Waals surface area contributed by atoms with Gasteiger partial charge in [0.2, 0.25) is 11.9 Å². The standard InChI is InChI=1S/C18H20N6O2/c1-12-8-9-17(26-12)15-10-23(11-16(15)19-13(2)25)18-20-21-22-24(18)14-6-4-3-5-7-14/h3-9,15-16H,10-11H2,1-2H3,(H,19,25). The number of carbonyl (C=O) groups excluding carboxylic acids is 1. The summed E-state index contributed by atoms with van der Waals surface area (Å²) in [5.41, 5.74) is 0.890. The van der Waals surface area contributed by atoms with E-state index in [9.17, 15) is 4.79 Å². The minimum atomic E-state index is -0.0704. The Morgan fingerprint density at radius 2 is 2.00 bits per heavy atom. The third-order valence-electron chi connectivity index (χ3n) is 4.57. The average Bonchev–Trinajstić information content (AvgIpc) is 3.34. The van der Waals surface area contributed by atoms with Gasteiger partial charge in [0, 0.05) is 20.0 Å². The van der Waals surface area contributed by atoms with Crippen molar-refractivity contribution in [2.75, 3.05) is 18.0 Å². The van der Waals surface area contributed by atoms with Crippen LogP contribution < -0.4 is 10.2 Å². The van der Waals surface area contributed by atoms with Crippen LogP contribution in [0.4, 0.5) is 5.95 Å². The molecule has 2 aromatic heterocycles. The summed E-state index contributed by atoms with van der Waals surface area (Å²) in [6, 6.07) is 13.6. The molecule has 1 amide bonds. The fraction of sp³-hybridized carbons (Fsp3) is 0.333. The molecule has 0 bridgehead atoms. The smallest absolute Gasteiger partial charge is 0.250 e. The first-order valence-corrected chi connectivity index (χ1v) is 8.54. The SMILES string of the molecule is CC(=O)NC1CN(c2nnnn2-c2ccccc2)CC1c1ccc(C)o1. The fourth-order valence-electron chi connectivity index (χ4n) is 3.43. The first-order chi connectivity index (χ1) is 12.6. The van der Waals surface area contributed by atoms with Crippen LogP contribution in [0.15, 0.2) is 46.9 Å². The lowest BCUT2D eigenvalue weighted by molar-refractivity contribution is -0.119. The number of carbonyl (C=O) groups is 1. The number of hydrogen-bond acceptors (Lipinski definition) is 6. The van der Waals surface area contributed by atoms with Gasteiger partial charge in [-0.15, -0.1) is 0 Å². The summed E-state index contributed by atoms with van der Waals surface area (Å²) >= 11 is 0. The molecule has 1 aliphatic rings. The minimum Gasteiger partial charge on any atom is -0.466 e. The molecule has 2 unspecified atom stereocenters. The summed E-state index contributed by atoms with van der Waals surface area (Å²) in [6.07, 6.45) is 0. The summed E-state index contributed by atoms with van der Waals surface area (Å²) < 4.78 is 7.53. The number of aryl methyl sites for hydroxylation is 1. The van der Waals surface area contributed by atoms with Gasteiger partial charge < -0.3 is 14.6 Å². The maximum absolute atomic E-state index is 11.7. The van der Waals surface area contributed by atoms with Crippen LogP contribution in [0.1, 0.15) is 24.4 Å². The highest BCUT2D eigenvalue weighted by atomic mass is 16.3. The van der Waals surface area contributed by atoms with E-state index in [1.807, 2.05) is 49.4 Å². The lowest BCUT2D eigenvalue weighted by atomic mass is 10.0. The number of anilines is 1. The Balaban J connectivity index is 1.65. The van der Waals surface area contributed by atoms with E-state index >= 15 is 0 Å². The average molecular weight is 352 g/mol. The number of aromatic nitrogens is 4. The van der Waals surface area contributed by atoms with E-state index < -0.39 is 0 Å². The lowest BCUT2D eigenvalue weighted by Crippen LogP contribution is -2.38. The molecule has 3 heterocycles. The number of rotatable bonds is 4. The van der Waals surface area contributed by atoms with E-state index in [0.29, 0.717) is 19.0 Å². The molecular weight excluding hydrogens is 332 g/mol. The van der Waals surface area contributed by atoms with Crippen LogP contribution in [-0.4, -0.2) is 45.2 Å². The van der Waals surface area contributed by atoms with Crippen LogP contribution in [0.2, 0.25) is 0 Å². The molecule has 134 valence electrons. The largest absolute Gasteiger partial charge is 0.466 e. The van der Waals surface area contributed by atoms with E-state index in [1.165, 1.54) is 6.92 Å². The highest BCUT2D eigenvalue weighted by Gasteiger charge is 2.38. The van der Waals surface area contributed by atoms with Crippen molar-refractivity contribution in [2.45, 2.75) is 25.8 Å². The normalized spacial score (nSPS) is 19.7. The van der Waals surface area contributed by atoms with Crippen molar-refractivity contribution in [1.82, 2.24) is 25.5 Å². The van der Waals surface area contributed by atoms with Crippen molar-refractivity contribution in [3.63, 3.8) is 0 Å². The van der Waals surface area contributed by atoms with E-state index in [0.717, 1.165) is 17.2 Å². The maximum atomic E-state index is 11.7. The zero-order valence-corrected chi connectivity index (χ0v) is 14.7. The molecule has 26 heavy (non-hydrogen) atoms. The second-order valence-electron chi connectivity index (χ2n) is 6.49. The third-order valence-corrected chi connectivity index (χ3v) is 4.57. The molecule has 1 fully saturated rings. The fourth-order valence-corrected chi connectivity index (χ4v) is 3.43. The van der Waals surface area contributed by atoms with Crippen LogP contribution in [0.3, 0.4) is 0 Å². The quantitative estimate of drug-likeness (QED) is 0.768. The Morgan fingerprint density at radius 3 is 2.69 bits per heavy atom. The number of nitrogens with one attached hydrogen (secondary N) is 1. The number of benzene rings is 1. The predicted octanol–water partition coefficient (Wildman–Crippen LogP) is 1.67. The molecule has 1 saturated heterocycles. The first-order valence-electron chi connectivity index (χ1n) is 8.54. The van der Waals surface area contributed by atoms with Crippen molar-refractivity contribution in [3.8, 4) is 5.69 Å². The number of tetrazole rings is 1. The first kappa shape index (κ1) is 16.3. The van der Waals surface area contributed by atoms with Crippen molar-refractivity contribution < 1.29 is 9.21 Å². The second kappa shape index (κ2) is 6.62. The molecule has 8 nitrogen and oxygen atoms in total. The van der Waals surface area contributed by atoms with E-state index in [4.69, 9.17) is 4.42 Å². The van der Waals surface area contributed by atoms with E-state index in [1.54, 1.807) is 4.68 Å². The summed E-state index contributed by atoms with van der Waals surface area (Å²) in [7, 11) is 0. The summed E-state index contributed by atoms with van der Waals surface area (Å²) in [6.45, 7) is 4.71. The summed E-state index contributed by atoms with van der Waals surface area (Å²) in [5.74, 6) is 2.34. The Kier molecular flexibility index (Phi) is 4.16. The molecule has 8 heteroatoms. The van der Waals surface area contributed by atoms with Crippen LogP contribution in [0.5, 0.6) is 0 Å².